The van der Waals surface area contributed by atoms with Crippen LogP contribution in [0.4, 0.5) is 0 Å². The van der Waals surface area contributed by atoms with Crippen LogP contribution in [0.2, 0.25) is 0 Å². The number of ether oxygens (including phenoxy) is 1. The van der Waals surface area contributed by atoms with Crippen molar-refractivity contribution in [3.8, 4) is 5.75 Å². The van der Waals surface area contributed by atoms with Crippen LogP contribution in [0.1, 0.15) is 49.8 Å². The molecule has 1 fully saturated rings. The van der Waals surface area contributed by atoms with Gasteiger partial charge in [0, 0.05) is 18.6 Å². The number of methoxy groups -OCH3 is 1. The summed E-state index contributed by atoms with van der Waals surface area (Å²) in [6.07, 6.45) is 6.33. The summed E-state index contributed by atoms with van der Waals surface area (Å²) in [7, 11) is 1.76. The van der Waals surface area contributed by atoms with Gasteiger partial charge in [0.15, 0.2) is 0 Å². The third-order valence-electron chi connectivity index (χ3n) is 5.02. The van der Waals surface area contributed by atoms with Gasteiger partial charge in [0.2, 0.25) is 0 Å². The van der Waals surface area contributed by atoms with Gasteiger partial charge in [0.1, 0.15) is 5.75 Å². The van der Waals surface area contributed by atoms with Crippen molar-refractivity contribution < 1.29 is 4.74 Å². The smallest absolute Gasteiger partial charge is 0.119 e. The van der Waals surface area contributed by atoms with Gasteiger partial charge in [0.25, 0.3) is 0 Å². The maximum atomic E-state index is 5.40. The lowest BCUT2D eigenvalue weighted by Gasteiger charge is -2.39. The summed E-state index contributed by atoms with van der Waals surface area (Å²) in [6.45, 7) is 5.84. The molecule has 3 rings (SSSR count). The van der Waals surface area contributed by atoms with Gasteiger partial charge in [-0.05, 0) is 68.5 Å². The van der Waals surface area contributed by atoms with Crippen LogP contribution >= 0.6 is 0 Å². The first-order valence-corrected chi connectivity index (χ1v) is 8.46. The Labute approximate surface area is 128 Å². The largest absolute Gasteiger partial charge is 0.497 e. The summed E-state index contributed by atoms with van der Waals surface area (Å²) >= 11 is 0. The van der Waals surface area contributed by atoms with Crippen LogP contribution in [0.5, 0.6) is 5.75 Å². The predicted octanol–water partition coefficient (Wildman–Crippen LogP) is 3.15. The van der Waals surface area contributed by atoms with E-state index in [0.717, 1.165) is 12.3 Å². The molecule has 3 heteroatoms. The second-order valence-corrected chi connectivity index (χ2v) is 6.36. The number of benzene rings is 1. The molecule has 2 unspecified atom stereocenters. The molecule has 116 valence electrons. The van der Waals surface area contributed by atoms with Gasteiger partial charge in [-0.1, -0.05) is 13.0 Å². The molecule has 0 amide bonds. The molecule has 0 saturated carbocycles. The van der Waals surface area contributed by atoms with Crippen molar-refractivity contribution in [3.63, 3.8) is 0 Å². The third kappa shape index (κ3) is 3.09. The molecule has 1 aromatic rings. The number of fused-ring (bicyclic) bond motifs is 1. The van der Waals surface area contributed by atoms with Crippen LogP contribution in [0.25, 0.3) is 0 Å². The first-order valence-electron chi connectivity index (χ1n) is 8.46. The highest BCUT2D eigenvalue weighted by Gasteiger charge is 2.31. The fraction of sp³-hybridized carbons (Fsp3) is 0.667. The van der Waals surface area contributed by atoms with Crippen molar-refractivity contribution in [1.29, 1.82) is 0 Å². The fourth-order valence-corrected chi connectivity index (χ4v) is 4.01. The molecule has 3 nitrogen and oxygen atoms in total. The molecule has 1 aliphatic heterocycles. The average Bonchev–Trinajstić information content (AvgIpc) is 3.05. The van der Waals surface area contributed by atoms with E-state index in [1.54, 1.807) is 12.7 Å². The minimum Gasteiger partial charge on any atom is -0.497 e. The molecule has 0 radical (unpaired) electrons. The number of nitrogens with one attached hydrogen (secondary N) is 1. The number of rotatable bonds is 5. The maximum absolute atomic E-state index is 5.40. The van der Waals surface area contributed by atoms with E-state index in [0.29, 0.717) is 12.1 Å². The molecule has 1 heterocycles. The third-order valence-corrected chi connectivity index (χ3v) is 5.02. The van der Waals surface area contributed by atoms with Gasteiger partial charge >= 0.3 is 0 Å². The van der Waals surface area contributed by atoms with Crippen LogP contribution < -0.4 is 10.1 Å². The first-order chi connectivity index (χ1) is 10.3. The Bertz CT molecular complexity index is 468. The Morgan fingerprint density at radius 2 is 2.24 bits per heavy atom. The summed E-state index contributed by atoms with van der Waals surface area (Å²) in [6, 6.07) is 8.00. The Kier molecular flexibility index (Phi) is 4.81. The minimum absolute atomic E-state index is 0.601. The van der Waals surface area contributed by atoms with Gasteiger partial charge < -0.3 is 10.1 Å². The molecule has 1 N–H and O–H groups in total. The van der Waals surface area contributed by atoms with Crippen LogP contribution in [0.15, 0.2) is 18.2 Å². The highest BCUT2D eigenvalue weighted by atomic mass is 16.5. The van der Waals surface area contributed by atoms with Gasteiger partial charge in [0.05, 0.1) is 7.11 Å². The normalized spacial score (nSPS) is 25.1. The lowest BCUT2D eigenvalue weighted by molar-refractivity contribution is 0.128. The van der Waals surface area contributed by atoms with Crippen molar-refractivity contribution >= 4 is 0 Å². The van der Waals surface area contributed by atoms with E-state index >= 15 is 0 Å². The van der Waals surface area contributed by atoms with E-state index < -0.39 is 0 Å². The van der Waals surface area contributed by atoms with Crippen molar-refractivity contribution in [2.45, 2.75) is 51.1 Å². The lowest BCUT2D eigenvalue weighted by Crippen LogP contribution is -2.41. The minimum atomic E-state index is 0.601. The van der Waals surface area contributed by atoms with E-state index in [1.165, 1.54) is 50.8 Å². The second-order valence-electron chi connectivity index (χ2n) is 6.36. The van der Waals surface area contributed by atoms with E-state index in [2.05, 4.69) is 35.3 Å². The van der Waals surface area contributed by atoms with Crippen LogP contribution in [0, 0.1) is 0 Å². The molecule has 0 bridgehead atoms. The lowest BCUT2D eigenvalue weighted by atomic mass is 9.85. The standard InChI is InChI=1S/C18H28N2O/c1-3-11-20(15-9-10-19-13-15)18-6-4-5-14-12-16(21-2)7-8-17(14)18/h7-8,12,15,18-19H,3-6,9-11,13H2,1-2H3. The molecule has 0 aromatic heterocycles. The molecule has 0 spiro atoms. The zero-order valence-corrected chi connectivity index (χ0v) is 13.4. The number of hydrogen-bond acceptors (Lipinski definition) is 3. The van der Waals surface area contributed by atoms with Crippen molar-refractivity contribution in [2.75, 3.05) is 26.7 Å². The molecular formula is C18H28N2O. The monoisotopic (exact) mass is 288 g/mol. The van der Waals surface area contributed by atoms with Crippen molar-refractivity contribution in [2.24, 2.45) is 0 Å². The quantitative estimate of drug-likeness (QED) is 0.901. The Balaban J connectivity index is 1.87. The van der Waals surface area contributed by atoms with Crippen molar-refractivity contribution in [3.05, 3.63) is 29.3 Å². The number of hydrogen-bond donors (Lipinski definition) is 1. The summed E-state index contributed by atoms with van der Waals surface area (Å²) in [5.74, 6) is 0.999. The highest BCUT2D eigenvalue weighted by molar-refractivity contribution is 5.39. The molecule has 21 heavy (non-hydrogen) atoms. The van der Waals surface area contributed by atoms with Crippen LogP contribution in [0.3, 0.4) is 0 Å². The molecule has 1 aliphatic carbocycles. The Hall–Kier alpha value is -1.06. The number of aryl methyl sites for hydroxylation is 1. The Morgan fingerprint density at radius 3 is 2.95 bits per heavy atom. The zero-order chi connectivity index (χ0) is 14.7. The molecule has 2 aliphatic rings. The molecule has 2 atom stereocenters. The molecular weight excluding hydrogens is 260 g/mol. The SMILES string of the molecule is CCCN(C1CCNC1)C1CCCc2cc(OC)ccc21. The van der Waals surface area contributed by atoms with Crippen LogP contribution in [-0.4, -0.2) is 37.7 Å². The molecule has 1 saturated heterocycles. The Morgan fingerprint density at radius 1 is 1.33 bits per heavy atom. The summed E-state index contributed by atoms with van der Waals surface area (Å²) in [5, 5.41) is 3.53. The summed E-state index contributed by atoms with van der Waals surface area (Å²) < 4.78 is 5.40. The van der Waals surface area contributed by atoms with E-state index in [-0.39, 0.29) is 0 Å². The molecule has 1 aromatic carbocycles. The fourth-order valence-electron chi connectivity index (χ4n) is 4.01. The van der Waals surface area contributed by atoms with E-state index in [9.17, 15) is 0 Å². The highest BCUT2D eigenvalue weighted by Crippen LogP contribution is 2.37. The van der Waals surface area contributed by atoms with Gasteiger partial charge in [-0.2, -0.15) is 0 Å². The number of nitrogens with zero attached hydrogens (tertiary/aromatic N) is 1. The summed E-state index contributed by atoms with van der Waals surface area (Å²) in [4.78, 5) is 2.77. The van der Waals surface area contributed by atoms with Gasteiger partial charge in [-0.3, -0.25) is 4.90 Å². The van der Waals surface area contributed by atoms with E-state index in [4.69, 9.17) is 4.74 Å². The van der Waals surface area contributed by atoms with Crippen molar-refractivity contribution in [1.82, 2.24) is 10.2 Å². The van der Waals surface area contributed by atoms with Gasteiger partial charge in [-0.25, -0.2) is 0 Å². The second kappa shape index (κ2) is 6.80. The summed E-state index contributed by atoms with van der Waals surface area (Å²) in [5.41, 5.74) is 3.04. The zero-order valence-electron chi connectivity index (χ0n) is 13.4. The first kappa shape index (κ1) is 14.9. The van der Waals surface area contributed by atoms with Gasteiger partial charge in [-0.15, -0.1) is 0 Å². The average molecular weight is 288 g/mol. The van der Waals surface area contributed by atoms with E-state index in [1.807, 2.05) is 0 Å². The predicted molar refractivity (Wildman–Crippen MR) is 86.9 cm³/mol. The maximum Gasteiger partial charge on any atom is 0.119 e. The topological polar surface area (TPSA) is 24.5 Å². The van der Waals surface area contributed by atoms with Crippen LogP contribution in [-0.2, 0) is 6.42 Å².